The van der Waals surface area contributed by atoms with E-state index in [1.54, 1.807) is 0 Å². The van der Waals surface area contributed by atoms with Crippen molar-refractivity contribution in [2.24, 2.45) is 0 Å². The van der Waals surface area contributed by atoms with Crippen LogP contribution in [0.4, 0.5) is 20.3 Å². The van der Waals surface area contributed by atoms with E-state index in [2.05, 4.69) is 10.3 Å². The molecule has 0 aliphatic rings. The molecule has 0 radical (unpaired) electrons. The molecule has 92 valence electrons. The molecule has 1 heterocycles. The number of hydrogen-bond donors (Lipinski definition) is 2. The summed E-state index contributed by atoms with van der Waals surface area (Å²) in [6.45, 7) is 0. The van der Waals surface area contributed by atoms with Crippen molar-refractivity contribution < 1.29 is 13.6 Å². The Morgan fingerprint density at radius 2 is 1.83 bits per heavy atom. The number of hydrogen-bond acceptors (Lipinski definition) is 3. The Kier molecular flexibility index (Phi) is 3.18. The predicted molar refractivity (Wildman–Crippen MR) is 63.0 cm³/mol. The molecule has 2 aromatic rings. The van der Waals surface area contributed by atoms with Crippen LogP contribution in [0.15, 0.2) is 36.5 Å². The summed E-state index contributed by atoms with van der Waals surface area (Å²) in [5.41, 5.74) is 5.04. The SMILES string of the molecule is Nc1ccc(C(=O)Nc2c(F)cccc2F)cn1. The van der Waals surface area contributed by atoms with Gasteiger partial charge in [0.2, 0.25) is 0 Å². The Labute approximate surface area is 101 Å². The highest BCUT2D eigenvalue weighted by Crippen LogP contribution is 2.18. The van der Waals surface area contributed by atoms with Crippen LogP contribution in [0.5, 0.6) is 0 Å². The van der Waals surface area contributed by atoms with Crippen LogP contribution in [0.2, 0.25) is 0 Å². The van der Waals surface area contributed by atoms with Crippen molar-refractivity contribution in [1.29, 1.82) is 0 Å². The second-order valence-electron chi connectivity index (χ2n) is 3.52. The smallest absolute Gasteiger partial charge is 0.257 e. The Balaban J connectivity index is 2.24. The van der Waals surface area contributed by atoms with Crippen LogP contribution in [-0.2, 0) is 0 Å². The fraction of sp³-hybridized carbons (Fsp3) is 0. The second kappa shape index (κ2) is 4.79. The van der Waals surface area contributed by atoms with Gasteiger partial charge in [-0.15, -0.1) is 0 Å². The molecule has 0 aliphatic carbocycles. The Hall–Kier alpha value is -2.50. The lowest BCUT2D eigenvalue weighted by Crippen LogP contribution is -2.14. The van der Waals surface area contributed by atoms with Gasteiger partial charge in [-0.3, -0.25) is 4.79 Å². The van der Waals surface area contributed by atoms with Gasteiger partial charge in [0.15, 0.2) is 0 Å². The highest BCUT2D eigenvalue weighted by molar-refractivity contribution is 6.04. The van der Waals surface area contributed by atoms with Crippen LogP contribution in [0.25, 0.3) is 0 Å². The fourth-order valence-electron chi connectivity index (χ4n) is 1.34. The molecule has 4 nitrogen and oxygen atoms in total. The molecule has 18 heavy (non-hydrogen) atoms. The number of nitrogens with two attached hydrogens (primary N) is 1. The molecule has 1 aromatic carbocycles. The fourth-order valence-corrected chi connectivity index (χ4v) is 1.34. The third-order valence-electron chi connectivity index (χ3n) is 2.25. The monoisotopic (exact) mass is 249 g/mol. The van der Waals surface area contributed by atoms with Gasteiger partial charge in [-0.05, 0) is 24.3 Å². The first-order valence-corrected chi connectivity index (χ1v) is 5.05. The number of carbonyl (C=O) groups excluding carboxylic acids is 1. The summed E-state index contributed by atoms with van der Waals surface area (Å²) in [7, 11) is 0. The standard InChI is InChI=1S/C12H9F2N3O/c13-8-2-1-3-9(14)11(8)17-12(18)7-4-5-10(15)16-6-7/h1-6H,(H2,15,16)(H,17,18). The molecule has 2 rings (SSSR count). The van der Waals surface area contributed by atoms with Gasteiger partial charge in [-0.2, -0.15) is 0 Å². The number of pyridine rings is 1. The molecule has 1 amide bonds. The number of benzene rings is 1. The van der Waals surface area contributed by atoms with Crippen LogP contribution in [-0.4, -0.2) is 10.9 Å². The summed E-state index contributed by atoms with van der Waals surface area (Å²) in [6.07, 6.45) is 1.23. The molecule has 1 aromatic heterocycles. The van der Waals surface area contributed by atoms with E-state index in [0.717, 1.165) is 12.1 Å². The van der Waals surface area contributed by atoms with Crippen molar-refractivity contribution in [3.63, 3.8) is 0 Å². The van der Waals surface area contributed by atoms with Gasteiger partial charge in [-0.25, -0.2) is 13.8 Å². The number of anilines is 2. The van der Waals surface area contributed by atoms with Gasteiger partial charge >= 0.3 is 0 Å². The number of para-hydroxylation sites is 1. The number of halogens is 2. The average molecular weight is 249 g/mol. The van der Waals surface area contributed by atoms with Crippen molar-refractivity contribution in [3.8, 4) is 0 Å². The quantitative estimate of drug-likeness (QED) is 0.857. The number of nitrogens with one attached hydrogen (secondary N) is 1. The molecule has 0 atom stereocenters. The lowest BCUT2D eigenvalue weighted by Gasteiger charge is -2.07. The van der Waals surface area contributed by atoms with E-state index < -0.39 is 23.2 Å². The van der Waals surface area contributed by atoms with E-state index in [1.165, 1.54) is 24.4 Å². The molecule has 0 saturated carbocycles. The minimum Gasteiger partial charge on any atom is -0.384 e. The van der Waals surface area contributed by atoms with Crippen LogP contribution < -0.4 is 11.1 Å². The number of nitrogen functional groups attached to an aromatic ring is 1. The number of nitrogens with zero attached hydrogens (tertiary/aromatic N) is 1. The highest BCUT2D eigenvalue weighted by atomic mass is 19.1. The maximum Gasteiger partial charge on any atom is 0.257 e. The van der Waals surface area contributed by atoms with E-state index in [9.17, 15) is 13.6 Å². The van der Waals surface area contributed by atoms with Crippen LogP contribution in [0.3, 0.4) is 0 Å². The van der Waals surface area contributed by atoms with Crippen molar-refractivity contribution in [2.75, 3.05) is 11.1 Å². The largest absolute Gasteiger partial charge is 0.384 e. The molecule has 0 aliphatic heterocycles. The summed E-state index contributed by atoms with van der Waals surface area (Å²) >= 11 is 0. The maximum atomic E-state index is 13.3. The minimum absolute atomic E-state index is 0.159. The zero-order valence-corrected chi connectivity index (χ0v) is 9.15. The summed E-state index contributed by atoms with van der Waals surface area (Å²) in [5.74, 6) is -2.09. The van der Waals surface area contributed by atoms with Crippen LogP contribution in [0.1, 0.15) is 10.4 Å². The summed E-state index contributed by atoms with van der Waals surface area (Å²) in [6, 6.07) is 6.16. The molecule has 0 unspecified atom stereocenters. The number of carbonyl (C=O) groups is 1. The highest BCUT2D eigenvalue weighted by Gasteiger charge is 2.13. The lowest BCUT2D eigenvalue weighted by molar-refractivity contribution is 0.102. The second-order valence-corrected chi connectivity index (χ2v) is 3.52. The zero-order valence-electron chi connectivity index (χ0n) is 9.15. The molecule has 6 heteroatoms. The van der Waals surface area contributed by atoms with E-state index in [-0.39, 0.29) is 11.4 Å². The van der Waals surface area contributed by atoms with Crippen molar-refractivity contribution >= 4 is 17.4 Å². The maximum absolute atomic E-state index is 13.3. The van der Waals surface area contributed by atoms with Gasteiger partial charge < -0.3 is 11.1 Å². The van der Waals surface area contributed by atoms with Crippen LogP contribution >= 0.6 is 0 Å². The minimum atomic E-state index is -0.841. The molecule has 3 N–H and O–H groups in total. The molecule has 0 bridgehead atoms. The number of rotatable bonds is 2. The molecular formula is C12H9F2N3O. The first-order chi connectivity index (χ1) is 8.58. The summed E-state index contributed by atoms with van der Waals surface area (Å²) < 4.78 is 26.6. The topological polar surface area (TPSA) is 68.0 Å². The third kappa shape index (κ3) is 2.42. The van der Waals surface area contributed by atoms with Gasteiger partial charge in [0.1, 0.15) is 23.1 Å². The molecule has 0 spiro atoms. The predicted octanol–water partition coefficient (Wildman–Crippen LogP) is 2.19. The molecular weight excluding hydrogens is 240 g/mol. The summed E-state index contributed by atoms with van der Waals surface area (Å²) in [4.78, 5) is 15.4. The van der Waals surface area contributed by atoms with Crippen molar-refractivity contribution in [1.82, 2.24) is 4.98 Å². The van der Waals surface area contributed by atoms with Crippen molar-refractivity contribution in [2.45, 2.75) is 0 Å². The van der Waals surface area contributed by atoms with Crippen LogP contribution in [0, 0.1) is 11.6 Å². The lowest BCUT2D eigenvalue weighted by atomic mass is 10.2. The third-order valence-corrected chi connectivity index (χ3v) is 2.25. The molecule has 0 fully saturated rings. The Morgan fingerprint density at radius 1 is 1.17 bits per heavy atom. The van der Waals surface area contributed by atoms with Gasteiger partial charge in [0, 0.05) is 6.20 Å². The zero-order chi connectivity index (χ0) is 13.1. The Bertz CT molecular complexity index is 564. The van der Waals surface area contributed by atoms with E-state index in [4.69, 9.17) is 5.73 Å². The van der Waals surface area contributed by atoms with Gasteiger partial charge in [-0.1, -0.05) is 6.07 Å². The normalized spacial score (nSPS) is 10.1. The molecule has 0 saturated heterocycles. The van der Waals surface area contributed by atoms with Gasteiger partial charge in [0.05, 0.1) is 5.56 Å². The van der Waals surface area contributed by atoms with Crippen molar-refractivity contribution in [3.05, 3.63) is 53.7 Å². The first kappa shape index (κ1) is 12.0. The number of amides is 1. The first-order valence-electron chi connectivity index (χ1n) is 5.05. The van der Waals surface area contributed by atoms with Gasteiger partial charge in [0.25, 0.3) is 5.91 Å². The average Bonchev–Trinajstić information content (AvgIpc) is 2.34. The van der Waals surface area contributed by atoms with E-state index in [0.29, 0.717) is 0 Å². The Morgan fingerprint density at radius 3 is 2.39 bits per heavy atom. The summed E-state index contributed by atoms with van der Waals surface area (Å²) in [5, 5.41) is 2.14. The van der Waals surface area contributed by atoms with E-state index in [1.807, 2.05) is 0 Å². The number of aromatic nitrogens is 1. The van der Waals surface area contributed by atoms with E-state index >= 15 is 0 Å².